The first-order valence-corrected chi connectivity index (χ1v) is 7.64. The Morgan fingerprint density at radius 1 is 1.00 bits per heavy atom. The van der Waals surface area contributed by atoms with Crippen LogP contribution < -0.4 is 16.2 Å². The van der Waals surface area contributed by atoms with E-state index in [2.05, 4.69) is 16.2 Å². The SMILES string of the molecule is O=C(CNc1cc(Cl)cc(Cl)c1)NNC(=O)c1ccc([N+](=O)[O-])cc1. The molecule has 0 aliphatic heterocycles. The summed E-state index contributed by atoms with van der Waals surface area (Å²) < 4.78 is 0. The van der Waals surface area contributed by atoms with E-state index in [1.807, 2.05) is 0 Å². The smallest absolute Gasteiger partial charge is 0.269 e. The molecule has 2 aromatic carbocycles. The van der Waals surface area contributed by atoms with Crippen LogP contribution in [-0.4, -0.2) is 23.3 Å². The number of rotatable bonds is 5. The van der Waals surface area contributed by atoms with E-state index in [4.69, 9.17) is 23.2 Å². The Labute approximate surface area is 152 Å². The summed E-state index contributed by atoms with van der Waals surface area (Å²) in [6.45, 7) is -0.128. The summed E-state index contributed by atoms with van der Waals surface area (Å²) in [5, 5.41) is 14.2. The second-order valence-corrected chi connectivity index (χ2v) is 5.69. The van der Waals surface area contributed by atoms with Crippen molar-refractivity contribution in [3.8, 4) is 0 Å². The van der Waals surface area contributed by atoms with E-state index in [0.29, 0.717) is 15.7 Å². The standard InChI is InChI=1S/C15H12Cl2N4O4/c16-10-5-11(17)7-12(6-10)18-8-14(22)19-20-15(23)9-1-3-13(4-2-9)21(24)25/h1-7,18H,8H2,(H,19,22)(H,20,23). The lowest BCUT2D eigenvalue weighted by atomic mass is 10.2. The van der Waals surface area contributed by atoms with Gasteiger partial charge in [0.2, 0.25) is 0 Å². The van der Waals surface area contributed by atoms with Gasteiger partial charge < -0.3 is 5.32 Å². The van der Waals surface area contributed by atoms with E-state index in [9.17, 15) is 19.7 Å². The maximum Gasteiger partial charge on any atom is 0.269 e. The Balaban J connectivity index is 1.82. The van der Waals surface area contributed by atoms with Gasteiger partial charge in [0.05, 0.1) is 11.5 Å². The highest BCUT2D eigenvalue weighted by atomic mass is 35.5. The van der Waals surface area contributed by atoms with Crippen molar-refractivity contribution in [3.05, 3.63) is 68.2 Å². The number of amides is 2. The van der Waals surface area contributed by atoms with Gasteiger partial charge in [-0.25, -0.2) is 0 Å². The zero-order valence-corrected chi connectivity index (χ0v) is 14.1. The third-order valence-electron chi connectivity index (χ3n) is 2.97. The lowest BCUT2D eigenvalue weighted by Gasteiger charge is -2.09. The number of nitro benzene ring substituents is 1. The first-order chi connectivity index (χ1) is 11.8. The molecule has 10 heteroatoms. The van der Waals surface area contributed by atoms with E-state index in [1.165, 1.54) is 24.3 Å². The van der Waals surface area contributed by atoms with Crippen LogP contribution in [0, 0.1) is 10.1 Å². The van der Waals surface area contributed by atoms with Crippen molar-refractivity contribution >= 4 is 46.4 Å². The van der Waals surface area contributed by atoms with Crippen LogP contribution in [0.1, 0.15) is 10.4 Å². The number of anilines is 1. The van der Waals surface area contributed by atoms with E-state index >= 15 is 0 Å². The van der Waals surface area contributed by atoms with Gasteiger partial charge in [-0.05, 0) is 30.3 Å². The molecule has 0 fully saturated rings. The van der Waals surface area contributed by atoms with Crippen LogP contribution in [0.3, 0.4) is 0 Å². The molecule has 0 spiro atoms. The molecule has 0 heterocycles. The normalized spacial score (nSPS) is 10.0. The topological polar surface area (TPSA) is 113 Å². The first kappa shape index (κ1) is 18.5. The molecule has 0 saturated carbocycles. The molecule has 0 bridgehead atoms. The van der Waals surface area contributed by atoms with Gasteiger partial charge in [-0.15, -0.1) is 0 Å². The van der Waals surface area contributed by atoms with Crippen molar-refractivity contribution in [3.63, 3.8) is 0 Å². The van der Waals surface area contributed by atoms with Crippen molar-refractivity contribution in [2.24, 2.45) is 0 Å². The maximum atomic E-state index is 11.8. The van der Waals surface area contributed by atoms with Crippen LogP contribution in [0.25, 0.3) is 0 Å². The molecule has 8 nitrogen and oxygen atoms in total. The first-order valence-electron chi connectivity index (χ1n) is 6.89. The maximum absolute atomic E-state index is 11.8. The number of nitrogens with zero attached hydrogens (tertiary/aromatic N) is 1. The predicted molar refractivity (Wildman–Crippen MR) is 93.7 cm³/mol. The Kier molecular flexibility index (Phi) is 6.15. The van der Waals surface area contributed by atoms with Gasteiger partial charge in [0.1, 0.15) is 0 Å². The molecule has 0 aromatic heterocycles. The minimum atomic E-state index is -0.603. The molecule has 2 aromatic rings. The molecule has 0 atom stereocenters. The minimum Gasteiger partial charge on any atom is -0.376 e. The molecule has 0 aliphatic carbocycles. The van der Waals surface area contributed by atoms with Crippen LogP contribution in [-0.2, 0) is 4.79 Å². The van der Waals surface area contributed by atoms with Gasteiger partial charge >= 0.3 is 0 Å². The van der Waals surface area contributed by atoms with Gasteiger partial charge in [0.15, 0.2) is 0 Å². The number of carbonyl (C=O) groups excluding carboxylic acids is 2. The molecule has 2 amide bonds. The molecule has 0 aliphatic rings. The number of non-ortho nitro benzene ring substituents is 1. The van der Waals surface area contributed by atoms with E-state index in [1.54, 1.807) is 18.2 Å². The van der Waals surface area contributed by atoms with Gasteiger partial charge in [-0.3, -0.25) is 30.6 Å². The highest BCUT2D eigenvalue weighted by molar-refractivity contribution is 6.35. The molecule has 130 valence electrons. The predicted octanol–water partition coefficient (Wildman–Crippen LogP) is 2.77. The number of hydrazine groups is 1. The van der Waals surface area contributed by atoms with Crippen molar-refractivity contribution in [1.29, 1.82) is 0 Å². The fourth-order valence-electron chi connectivity index (χ4n) is 1.82. The number of hydrogen-bond acceptors (Lipinski definition) is 5. The van der Waals surface area contributed by atoms with Gasteiger partial charge in [0, 0.05) is 33.4 Å². The average molecular weight is 383 g/mol. The summed E-state index contributed by atoms with van der Waals surface area (Å²) in [4.78, 5) is 33.5. The fraction of sp³-hybridized carbons (Fsp3) is 0.0667. The van der Waals surface area contributed by atoms with Gasteiger partial charge in [0.25, 0.3) is 17.5 Å². The van der Waals surface area contributed by atoms with Gasteiger partial charge in [-0.2, -0.15) is 0 Å². The minimum absolute atomic E-state index is 0.128. The summed E-state index contributed by atoms with van der Waals surface area (Å²) >= 11 is 11.7. The Bertz CT molecular complexity index is 791. The number of nitrogens with one attached hydrogen (secondary N) is 3. The number of halogens is 2. The fourth-order valence-corrected chi connectivity index (χ4v) is 2.34. The Morgan fingerprint density at radius 3 is 2.16 bits per heavy atom. The van der Waals surface area contributed by atoms with Crippen LogP contribution in [0.15, 0.2) is 42.5 Å². The number of hydrogen-bond donors (Lipinski definition) is 3. The molecule has 2 rings (SSSR count). The largest absolute Gasteiger partial charge is 0.376 e. The molecule has 0 radical (unpaired) electrons. The number of benzene rings is 2. The van der Waals surface area contributed by atoms with E-state index in [-0.39, 0.29) is 17.8 Å². The molecular weight excluding hydrogens is 371 g/mol. The van der Waals surface area contributed by atoms with Crippen molar-refractivity contribution in [2.75, 3.05) is 11.9 Å². The lowest BCUT2D eigenvalue weighted by molar-refractivity contribution is -0.384. The molecule has 25 heavy (non-hydrogen) atoms. The van der Waals surface area contributed by atoms with E-state index in [0.717, 1.165) is 0 Å². The van der Waals surface area contributed by atoms with Gasteiger partial charge in [-0.1, -0.05) is 23.2 Å². The summed E-state index contributed by atoms with van der Waals surface area (Å²) in [6, 6.07) is 9.70. The van der Waals surface area contributed by atoms with Crippen molar-refractivity contribution < 1.29 is 14.5 Å². The molecule has 3 N–H and O–H groups in total. The number of carbonyl (C=O) groups is 2. The van der Waals surface area contributed by atoms with Crippen LogP contribution in [0.5, 0.6) is 0 Å². The van der Waals surface area contributed by atoms with Crippen LogP contribution >= 0.6 is 23.2 Å². The average Bonchev–Trinajstić information content (AvgIpc) is 2.57. The highest BCUT2D eigenvalue weighted by Crippen LogP contribution is 2.22. The summed E-state index contributed by atoms with van der Waals surface area (Å²) in [5.74, 6) is -1.11. The summed E-state index contributed by atoms with van der Waals surface area (Å²) in [7, 11) is 0. The van der Waals surface area contributed by atoms with Crippen molar-refractivity contribution in [2.45, 2.75) is 0 Å². The van der Waals surface area contributed by atoms with E-state index < -0.39 is 16.7 Å². The lowest BCUT2D eigenvalue weighted by Crippen LogP contribution is -2.44. The molecular formula is C15H12Cl2N4O4. The zero-order chi connectivity index (χ0) is 18.4. The second-order valence-electron chi connectivity index (χ2n) is 4.82. The zero-order valence-electron chi connectivity index (χ0n) is 12.6. The summed E-state index contributed by atoms with van der Waals surface area (Å²) in [6.07, 6.45) is 0. The van der Waals surface area contributed by atoms with Crippen molar-refractivity contribution in [1.82, 2.24) is 10.9 Å². The number of nitro groups is 1. The Hall–Kier alpha value is -2.84. The second kappa shape index (κ2) is 8.32. The highest BCUT2D eigenvalue weighted by Gasteiger charge is 2.10. The monoisotopic (exact) mass is 382 g/mol. The Morgan fingerprint density at radius 2 is 1.60 bits per heavy atom. The molecule has 0 unspecified atom stereocenters. The molecule has 0 saturated heterocycles. The van der Waals surface area contributed by atoms with Crippen LogP contribution in [0.2, 0.25) is 10.0 Å². The third kappa shape index (κ3) is 5.63. The third-order valence-corrected chi connectivity index (χ3v) is 3.41. The quantitative estimate of drug-likeness (QED) is 0.543. The van der Waals surface area contributed by atoms with Crippen LogP contribution in [0.4, 0.5) is 11.4 Å². The summed E-state index contributed by atoms with van der Waals surface area (Å²) in [5.41, 5.74) is 5.01.